The summed E-state index contributed by atoms with van der Waals surface area (Å²) in [6.07, 6.45) is 0.00145. The van der Waals surface area contributed by atoms with Crippen LogP contribution in [0.3, 0.4) is 0 Å². The molecule has 0 radical (unpaired) electrons. The molecule has 110 valence electrons. The van der Waals surface area contributed by atoms with E-state index in [0.29, 0.717) is 18.1 Å². The van der Waals surface area contributed by atoms with Crippen LogP contribution in [0.4, 0.5) is 5.13 Å². The first kappa shape index (κ1) is 14.2. The van der Waals surface area contributed by atoms with Gasteiger partial charge >= 0.3 is 0 Å². The Kier molecular flexibility index (Phi) is 4.01. The average molecular weight is 303 g/mol. The summed E-state index contributed by atoms with van der Waals surface area (Å²) in [6, 6.07) is 7.68. The molecule has 1 aromatic carbocycles. The summed E-state index contributed by atoms with van der Waals surface area (Å²) in [6.45, 7) is 2.50. The predicted octanol–water partition coefficient (Wildman–Crippen LogP) is 1.78. The molecule has 1 aliphatic rings. The highest BCUT2D eigenvalue weighted by Gasteiger charge is 2.28. The van der Waals surface area contributed by atoms with Gasteiger partial charge in [-0.3, -0.25) is 4.79 Å². The Balaban J connectivity index is 1.71. The van der Waals surface area contributed by atoms with Crippen LogP contribution in [0.2, 0.25) is 0 Å². The number of hydrogen-bond acceptors (Lipinski definition) is 5. The highest BCUT2D eigenvalue weighted by molar-refractivity contribution is 7.14. The van der Waals surface area contributed by atoms with E-state index in [9.17, 15) is 9.90 Å². The number of aromatic nitrogens is 1. The zero-order chi connectivity index (χ0) is 14.8. The average Bonchev–Trinajstić information content (AvgIpc) is 3.08. The van der Waals surface area contributed by atoms with E-state index in [2.05, 4.69) is 15.6 Å². The van der Waals surface area contributed by atoms with Gasteiger partial charge in [0.05, 0.1) is 17.8 Å². The molecule has 3 rings (SSSR count). The molecule has 1 fully saturated rings. The minimum Gasteiger partial charge on any atom is -0.392 e. The van der Waals surface area contributed by atoms with Crippen molar-refractivity contribution in [3.8, 4) is 11.3 Å². The monoisotopic (exact) mass is 303 g/mol. The topological polar surface area (TPSA) is 74.2 Å². The van der Waals surface area contributed by atoms with Gasteiger partial charge < -0.3 is 15.7 Å². The Labute approximate surface area is 127 Å². The first-order chi connectivity index (χ1) is 10.1. The van der Waals surface area contributed by atoms with Gasteiger partial charge in [-0.2, -0.15) is 0 Å². The van der Waals surface area contributed by atoms with Crippen LogP contribution in [0, 0.1) is 6.92 Å². The van der Waals surface area contributed by atoms with E-state index in [1.165, 1.54) is 11.3 Å². The number of amides is 1. The number of benzene rings is 1. The van der Waals surface area contributed by atoms with Crippen molar-refractivity contribution < 1.29 is 9.90 Å². The van der Waals surface area contributed by atoms with E-state index in [-0.39, 0.29) is 11.9 Å². The Morgan fingerprint density at radius 2 is 2.29 bits per heavy atom. The summed E-state index contributed by atoms with van der Waals surface area (Å²) in [5.41, 5.74) is 3.10. The van der Waals surface area contributed by atoms with Crippen molar-refractivity contribution >= 4 is 22.4 Å². The van der Waals surface area contributed by atoms with Crippen molar-refractivity contribution in [1.29, 1.82) is 0 Å². The summed E-state index contributed by atoms with van der Waals surface area (Å²) in [4.78, 5) is 16.5. The molecule has 0 bridgehead atoms. The molecule has 1 aromatic heterocycles. The van der Waals surface area contributed by atoms with Crippen LogP contribution < -0.4 is 10.6 Å². The second-order valence-corrected chi connectivity index (χ2v) is 6.05. The maximum Gasteiger partial charge on any atom is 0.243 e. The minimum absolute atomic E-state index is 0.141. The first-order valence-electron chi connectivity index (χ1n) is 6.87. The molecule has 2 aromatic rings. The Morgan fingerprint density at radius 1 is 1.48 bits per heavy atom. The third-order valence-corrected chi connectivity index (χ3v) is 4.34. The van der Waals surface area contributed by atoms with Crippen molar-refractivity contribution in [3.63, 3.8) is 0 Å². The standard InChI is InChI=1S/C15H17N3O2S/c1-9-4-2-3-5-11(9)13-8-21-15(17-13)18-14(20)12-6-10(19)7-16-12/h2-5,8,10,12,16,19H,6-7H2,1H3,(H,17,18,20)/t10-,12-/m0/s1. The number of anilines is 1. The molecule has 1 aliphatic heterocycles. The van der Waals surface area contributed by atoms with Crippen LogP contribution in [-0.2, 0) is 4.79 Å². The van der Waals surface area contributed by atoms with E-state index in [4.69, 9.17) is 0 Å². The molecular formula is C15H17N3O2S. The van der Waals surface area contributed by atoms with Crippen LogP contribution in [0.25, 0.3) is 11.3 Å². The molecule has 5 nitrogen and oxygen atoms in total. The summed E-state index contributed by atoms with van der Waals surface area (Å²) in [5, 5.41) is 17.8. The van der Waals surface area contributed by atoms with Gasteiger partial charge in [0.1, 0.15) is 0 Å². The predicted molar refractivity (Wildman–Crippen MR) is 83.3 cm³/mol. The van der Waals surface area contributed by atoms with E-state index < -0.39 is 6.10 Å². The van der Waals surface area contributed by atoms with Crippen molar-refractivity contribution in [3.05, 3.63) is 35.2 Å². The fourth-order valence-corrected chi connectivity index (χ4v) is 3.14. The third-order valence-electron chi connectivity index (χ3n) is 3.58. The molecule has 0 aliphatic carbocycles. The molecule has 2 atom stereocenters. The van der Waals surface area contributed by atoms with Gasteiger partial charge in [-0.25, -0.2) is 4.98 Å². The van der Waals surface area contributed by atoms with Gasteiger partial charge in [-0.1, -0.05) is 24.3 Å². The molecule has 0 unspecified atom stereocenters. The maximum atomic E-state index is 12.1. The molecule has 0 spiro atoms. The molecule has 1 amide bonds. The van der Waals surface area contributed by atoms with Gasteiger partial charge in [0.15, 0.2) is 5.13 Å². The maximum absolute atomic E-state index is 12.1. The zero-order valence-electron chi connectivity index (χ0n) is 11.7. The lowest BCUT2D eigenvalue weighted by Crippen LogP contribution is -2.35. The number of rotatable bonds is 3. The van der Waals surface area contributed by atoms with Crippen LogP contribution in [0.15, 0.2) is 29.6 Å². The van der Waals surface area contributed by atoms with E-state index in [0.717, 1.165) is 16.8 Å². The summed E-state index contributed by atoms with van der Waals surface area (Å²) in [5.74, 6) is -0.141. The lowest BCUT2D eigenvalue weighted by Gasteiger charge is -2.08. The number of hydrogen-bond donors (Lipinski definition) is 3. The Bertz CT molecular complexity index is 656. The fourth-order valence-electron chi connectivity index (χ4n) is 2.42. The van der Waals surface area contributed by atoms with Crippen LogP contribution in [0.1, 0.15) is 12.0 Å². The second-order valence-electron chi connectivity index (χ2n) is 5.19. The van der Waals surface area contributed by atoms with Crippen molar-refractivity contribution in [2.24, 2.45) is 0 Å². The lowest BCUT2D eigenvalue weighted by atomic mass is 10.1. The quantitative estimate of drug-likeness (QED) is 0.808. The Morgan fingerprint density at radius 3 is 3.00 bits per heavy atom. The van der Waals surface area contributed by atoms with E-state index in [1.807, 2.05) is 36.6 Å². The van der Waals surface area contributed by atoms with Crippen molar-refractivity contribution in [1.82, 2.24) is 10.3 Å². The van der Waals surface area contributed by atoms with Gasteiger partial charge in [-0.15, -0.1) is 11.3 Å². The smallest absolute Gasteiger partial charge is 0.243 e. The number of carbonyl (C=O) groups is 1. The molecule has 6 heteroatoms. The van der Waals surface area contributed by atoms with Gasteiger partial charge in [0.2, 0.25) is 5.91 Å². The minimum atomic E-state index is -0.445. The molecule has 1 saturated heterocycles. The Hall–Kier alpha value is -1.76. The van der Waals surface area contributed by atoms with Crippen LogP contribution in [-0.4, -0.2) is 34.7 Å². The zero-order valence-corrected chi connectivity index (χ0v) is 12.5. The number of aliphatic hydroxyl groups excluding tert-OH is 1. The van der Waals surface area contributed by atoms with Crippen LogP contribution >= 0.6 is 11.3 Å². The summed E-state index contributed by atoms with van der Waals surface area (Å²) in [7, 11) is 0. The molecule has 3 N–H and O–H groups in total. The van der Waals surface area contributed by atoms with Gasteiger partial charge in [-0.05, 0) is 18.9 Å². The van der Waals surface area contributed by atoms with Gasteiger partial charge in [0, 0.05) is 17.5 Å². The number of aryl methyl sites for hydroxylation is 1. The summed E-state index contributed by atoms with van der Waals surface area (Å²) >= 11 is 1.41. The lowest BCUT2D eigenvalue weighted by molar-refractivity contribution is -0.117. The highest BCUT2D eigenvalue weighted by Crippen LogP contribution is 2.27. The summed E-state index contributed by atoms with van der Waals surface area (Å²) < 4.78 is 0. The number of aliphatic hydroxyl groups is 1. The molecule has 21 heavy (non-hydrogen) atoms. The second kappa shape index (κ2) is 5.93. The number of carbonyl (C=O) groups excluding carboxylic acids is 1. The molecule has 2 heterocycles. The van der Waals surface area contributed by atoms with Crippen LogP contribution in [0.5, 0.6) is 0 Å². The van der Waals surface area contributed by atoms with Crippen molar-refractivity contribution in [2.45, 2.75) is 25.5 Å². The van der Waals surface area contributed by atoms with Gasteiger partial charge in [0.25, 0.3) is 0 Å². The van der Waals surface area contributed by atoms with E-state index in [1.54, 1.807) is 0 Å². The number of β-amino-alcohol motifs (C(OH)–C–C–N with tert-alkyl or cyclic N) is 1. The van der Waals surface area contributed by atoms with Crippen molar-refractivity contribution in [2.75, 3.05) is 11.9 Å². The molecular weight excluding hydrogens is 286 g/mol. The number of nitrogens with zero attached hydrogens (tertiary/aromatic N) is 1. The third kappa shape index (κ3) is 3.12. The normalized spacial score (nSPS) is 21.4. The fraction of sp³-hybridized carbons (Fsp3) is 0.333. The number of thiazole rings is 1. The number of nitrogens with one attached hydrogen (secondary N) is 2. The van der Waals surface area contributed by atoms with E-state index >= 15 is 0 Å². The highest BCUT2D eigenvalue weighted by atomic mass is 32.1. The largest absolute Gasteiger partial charge is 0.392 e. The first-order valence-corrected chi connectivity index (χ1v) is 7.75. The molecule has 0 saturated carbocycles. The SMILES string of the molecule is Cc1ccccc1-c1csc(NC(=O)[C@@H]2C[C@H](O)CN2)n1.